The highest BCUT2D eigenvalue weighted by atomic mass is 16.5. The summed E-state index contributed by atoms with van der Waals surface area (Å²) in [6.07, 6.45) is 3.67. The number of hydrogen-bond donors (Lipinski definition) is 2. The van der Waals surface area contributed by atoms with Crippen LogP contribution in [0.4, 0.5) is 4.79 Å². The fourth-order valence-corrected chi connectivity index (χ4v) is 2.89. The van der Waals surface area contributed by atoms with Crippen molar-refractivity contribution in [1.29, 1.82) is 0 Å². The molecule has 0 atom stereocenters. The molecule has 1 aliphatic rings. The molecule has 1 aliphatic carbocycles. The van der Waals surface area contributed by atoms with E-state index in [-0.39, 0.29) is 13.0 Å². The summed E-state index contributed by atoms with van der Waals surface area (Å²) in [7, 11) is 0. The number of aliphatic carboxylic acids is 1. The molecule has 0 bridgehead atoms. The monoisotopic (exact) mass is 305 g/mol. The Labute approximate surface area is 130 Å². The molecule has 0 spiro atoms. The lowest BCUT2D eigenvalue weighted by atomic mass is 9.80. The van der Waals surface area contributed by atoms with E-state index in [1.54, 1.807) is 0 Å². The Kier molecular flexibility index (Phi) is 6.25. The van der Waals surface area contributed by atoms with E-state index < -0.39 is 12.1 Å². The van der Waals surface area contributed by atoms with Gasteiger partial charge < -0.3 is 15.2 Å². The number of carboxylic acid groups (broad SMARTS) is 1. The molecule has 5 nitrogen and oxygen atoms in total. The summed E-state index contributed by atoms with van der Waals surface area (Å²) in [5, 5.41) is 11.6. The zero-order valence-electron chi connectivity index (χ0n) is 12.7. The van der Waals surface area contributed by atoms with Crippen LogP contribution < -0.4 is 5.32 Å². The van der Waals surface area contributed by atoms with Crippen molar-refractivity contribution in [2.45, 2.75) is 38.7 Å². The maximum absolute atomic E-state index is 11.7. The van der Waals surface area contributed by atoms with Crippen LogP contribution in [-0.2, 0) is 16.1 Å². The molecule has 1 amide bonds. The third kappa shape index (κ3) is 5.76. The quantitative estimate of drug-likeness (QED) is 0.846. The minimum absolute atomic E-state index is 0.263. The van der Waals surface area contributed by atoms with Gasteiger partial charge in [-0.2, -0.15) is 0 Å². The number of hydrogen-bond acceptors (Lipinski definition) is 3. The third-order valence-corrected chi connectivity index (χ3v) is 4.18. The lowest BCUT2D eigenvalue weighted by Gasteiger charge is -2.27. The van der Waals surface area contributed by atoms with Crippen LogP contribution in [-0.4, -0.2) is 23.7 Å². The highest BCUT2D eigenvalue weighted by Crippen LogP contribution is 2.30. The predicted molar refractivity (Wildman–Crippen MR) is 82.3 cm³/mol. The first-order chi connectivity index (χ1) is 10.6. The number of carbonyl (C=O) groups excluding carboxylic acids is 1. The minimum atomic E-state index is -0.717. The summed E-state index contributed by atoms with van der Waals surface area (Å²) in [6, 6.07) is 9.57. The number of carbonyl (C=O) groups is 2. The Morgan fingerprint density at radius 3 is 2.36 bits per heavy atom. The second-order valence-corrected chi connectivity index (χ2v) is 5.93. The van der Waals surface area contributed by atoms with Crippen molar-refractivity contribution in [3.8, 4) is 0 Å². The average molecular weight is 305 g/mol. The first-order valence-corrected chi connectivity index (χ1v) is 7.80. The third-order valence-electron chi connectivity index (χ3n) is 4.18. The van der Waals surface area contributed by atoms with Gasteiger partial charge in [-0.1, -0.05) is 30.3 Å². The lowest BCUT2D eigenvalue weighted by molar-refractivity contribution is -0.138. The van der Waals surface area contributed by atoms with Crippen molar-refractivity contribution >= 4 is 12.1 Å². The number of benzene rings is 1. The van der Waals surface area contributed by atoms with Crippen LogP contribution in [0.15, 0.2) is 30.3 Å². The molecule has 22 heavy (non-hydrogen) atoms. The maximum atomic E-state index is 11.7. The molecular formula is C17H23NO4. The van der Waals surface area contributed by atoms with Crippen LogP contribution in [0.5, 0.6) is 0 Å². The van der Waals surface area contributed by atoms with Gasteiger partial charge in [0, 0.05) is 13.0 Å². The molecule has 2 N–H and O–H groups in total. The molecule has 1 aromatic rings. The summed E-state index contributed by atoms with van der Waals surface area (Å²) >= 11 is 0. The SMILES string of the molecule is O=C(O)C[C@H]1CC[C@H](CNC(=O)OCc2ccccc2)CC1. The molecule has 0 saturated heterocycles. The summed E-state index contributed by atoms with van der Waals surface area (Å²) in [5.41, 5.74) is 0.965. The van der Waals surface area contributed by atoms with Gasteiger partial charge >= 0.3 is 12.1 Å². The van der Waals surface area contributed by atoms with E-state index in [1.807, 2.05) is 30.3 Å². The van der Waals surface area contributed by atoms with Gasteiger partial charge in [0.2, 0.25) is 0 Å². The van der Waals surface area contributed by atoms with E-state index in [2.05, 4.69) is 5.32 Å². The van der Waals surface area contributed by atoms with Gasteiger partial charge in [0.15, 0.2) is 0 Å². The highest BCUT2D eigenvalue weighted by Gasteiger charge is 2.23. The van der Waals surface area contributed by atoms with Gasteiger partial charge in [-0.25, -0.2) is 4.79 Å². The van der Waals surface area contributed by atoms with E-state index in [9.17, 15) is 9.59 Å². The van der Waals surface area contributed by atoms with Gasteiger partial charge in [-0.05, 0) is 43.1 Å². The summed E-state index contributed by atoms with van der Waals surface area (Å²) in [6.45, 7) is 0.880. The molecule has 2 rings (SSSR count). The normalized spacial score (nSPS) is 21.1. The number of alkyl carbamates (subject to hydrolysis) is 1. The number of ether oxygens (including phenoxy) is 1. The molecule has 0 radical (unpaired) electrons. The van der Waals surface area contributed by atoms with Gasteiger partial charge in [0.1, 0.15) is 6.61 Å². The Hall–Kier alpha value is -2.04. The minimum Gasteiger partial charge on any atom is -0.481 e. The largest absolute Gasteiger partial charge is 0.481 e. The first-order valence-electron chi connectivity index (χ1n) is 7.80. The summed E-state index contributed by atoms with van der Waals surface area (Å²) in [4.78, 5) is 22.3. The number of amides is 1. The maximum Gasteiger partial charge on any atom is 0.407 e. The van der Waals surface area contributed by atoms with Gasteiger partial charge in [-0.3, -0.25) is 4.79 Å². The lowest BCUT2D eigenvalue weighted by Crippen LogP contribution is -2.32. The van der Waals surface area contributed by atoms with Crippen molar-refractivity contribution in [3.05, 3.63) is 35.9 Å². The smallest absolute Gasteiger partial charge is 0.407 e. The Morgan fingerprint density at radius 2 is 1.73 bits per heavy atom. The standard InChI is InChI=1S/C17H23NO4/c19-16(20)10-13-6-8-14(9-7-13)11-18-17(21)22-12-15-4-2-1-3-5-15/h1-5,13-14H,6-12H2,(H,18,21)(H,19,20)/t13-,14-. The summed E-state index contributed by atoms with van der Waals surface area (Å²) < 4.78 is 5.17. The van der Waals surface area contributed by atoms with Crippen molar-refractivity contribution in [2.75, 3.05) is 6.54 Å². The van der Waals surface area contributed by atoms with Crippen LogP contribution >= 0.6 is 0 Å². The Morgan fingerprint density at radius 1 is 1.09 bits per heavy atom. The van der Waals surface area contributed by atoms with Crippen LogP contribution in [0.1, 0.15) is 37.7 Å². The molecule has 0 aliphatic heterocycles. The molecule has 120 valence electrons. The van der Waals surface area contributed by atoms with Crippen LogP contribution in [0, 0.1) is 11.8 Å². The molecule has 1 fully saturated rings. The van der Waals surface area contributed by atoms with Crippen molar-refractivity contribution in [2.24, 2.45) is 11.8 Å². The second-order valence-electron chi connectivity index (χ2n) is 5.93. The number of rotatable bonds is 6. The Balaban J connectivity index is 1.60. The molecule has 0 aromatic heterocycles. The molecule has 0 heterocycles. The number of carboxylic acids is 1. The zero-order valence-corrected chi connectivity index (χ0v) is 12.7. The number of nitrogens with one attached hydrogen (secondary N) is 1. The van der Waals surface area contributed by atoms with Crippen LogP contribution in [0.25, 0.3) is 0 Å². The zero-order chi connectivity index (χ0) is 15.8. The van der Waals surface area contributed by atoms with Crippen LogP contribution in [0.2, 0.25) is 0 Å². The van der Waals surface area contributed by atoms with E-state index in [4.69, 9.17) is 9.84 Å². The van der Waals surface area contributed by atoms with Crippen molar-refractivity contribution in [3.63, 3.8) is 0 Å². The molecule has 5 heteroatoms. The van der Waals surface area contributed by atoms with Crippen molar-refractivity contribution in [1.82, 2.24) is 5.32 Å². The van der Waals surface area contributed by atoms with E-state index in [1.165, 1.54) is 0 Å². The van der Waals surface area contributed by atoms with Gasteiger partial charge in [0.25, 0.3) is 0 Å². The molecule has 1 saturated carbocycles. The van der Waals surface area contributed by atoms with E-state index in [0.717, 1.165) is 31.2 Å². The molecular weight excluding hydrogens is 282 g/mol. The Bertz CT molecular complexity index is 481. The topological polar surface area (TPSA) is 75.6 Å². The second kappa shape index (κ2) is 8.41. The van der Waals surface area contributed by atoms with E-state index in [0.29, 0.717) is 18.4 Å². The fourth-order valence-electron chi connectivity index (χ4n) is 2.89. The highest BCUT2D eigenvalue weighted by molar-refractivity contribution is 5.67. The predicted octanol–water partition coefficient (Wildman–Crippen LogP) is 3.19. The average Bonchev–Trinajstić information content (AvgIpc) is 2.53. The van der Waals surface area contributed by atoms with Crippen molar-refractivity contribution < 1.29 is 19.4 Å². The first kappa shape index (κ1) is 16.3. The summed E-state index contributed by atoms with van der Waals surface area (Å²) in [5.74, 6) is -0.000771. The molecule has 0 unspecified atom stereocenters. The van der Waals surface area contributed by atoms with E-state index >= 15 is 0 Å². The fraction of sp³-hybridized carbons (Fsp3) is 0.529. The van der Waals surface area contributed by atoms with Crippen LogP contribution in [0.3, 0.4) is 0 Å². The molecule has 1 aromatic carbocycles. The van der Waals surface area contributed by atoms with Gasteiger partial charge in [0.05, 0.1) is 0 Å². The van der Waals surface area contributed by atoms with Gasteiger partial charge in [-0.15, -0.1) is 0 Å².